The third-order valence-electron chi connectivity index (χ3n) is 6.41. The molecule has 0 bridgehead atoms. The van der Waals surface area contributed by atoms with Crippen molar-refractivity contribution in [2.45, 2.75) is 31.8 Å². The summed E-state index contributed by atoms with van der Waals surface area (Å²) in [6.07, 6.45) is 3.34. The van der Waals surface area contributed by atoms with Crippen LogP contribution < -0.4 is 15.0 Å². The van der Waals surface area contributed by atoms with Crippen molar-refractivity contribution in [1.29, 1.82) is 0 Å². The lowest BCUT2D eigenvalue weighted by Crippen LogP contribution is -2.38. The maximum Gasteiger partial charge on any atom is 0.253 e. The molecule has 0 saturated carbocycles. The van der Waals surface area contributed by atoms with E-state index in [1.54, 1.807) is 25.0 Å². The Balaban J connectivity index is 1.63. The zero-order chi connectivity index (χ0) is 23.5. The molecule has 0 amide bonds. The molecular weight excluding hydrogens is 432 g/mol. The minimum Gasteiger partial charge on any atom is -0.493 e. The lowest BCUT2D eigenvalue weighted by atomic mass is 10.00. The number of nitrogens with zero attached hydrogens (tertiary/aromatic N) is 5. The van der Waals surface area contributed by atoms with Gasteiger partial charge in [0.15, 0.2) is 17.3 Å². The van der Waals surface area contributed by atoms with Crippen LogP contribution in [0, 0.1) is 0 Å². The van der Waals surface area contributed by atoms with Crippen LogP contribution in [-0.2, 0) is 6.54 Å². The van der Waals surface area contributed by atoms with Crippen LogP contribution in [-0.4, -0.2) is 57.4 Å². The van der Waals surface area contributed by atoms with Crippen molar-refractivity contribution in [2.75, 3.05) is 27.3 Å². The molecule has 0 spiro atoms. The summed E-state index contributed by atoms with van der Waals surface area (Å²) >= 11 is 0. The predicted octanol–water partition coefficient (Wildman–Crippen LogP) is 3.16. The number of tetrazole rings is 1. The van der Waals surface area contributed by atoms with Gasteiger partial charge in [0.05, 0.1) is 26.3 Å². The van der Waals surface area contributed by atoms with E-state index in [1.807, 2.05) is 42.5 Å². The highest BCUT2D eigenvalue weighted by molar-refractivity contribution is 5.83. The minimum atomic E-state index is -0.361. The van der Waals surface area contributed by atoms with E-state index in [0.29, 0.717) is 34.9 Å². The molecule has 1 aliphatic heterocycles. The number of fused-ring (bicyclic) bond motifs is 1. The van der Waals surface area contributed by atoms with E-state index < -0.39 is 0 Å². The molecule has 9 heteroatoms. The standard InChI is InChI=1S/C25H28N6O3/c1-33-21-14-18-13-19(25(32)26-20(18)15-22(21)34-2)23(30-11-7-4-8-12-30)24-27-28-29-31(24)16-17-9-5-3-6-10-17/h3,5-6,9-10,13-15,23H,4,7-8,11-12,16H2,1-2H3,(H,26,32)/t23-/m1/s1. The van der Waals surface area contributed by atoms with E-state index in [-0.39, 0.29) is 11.6 Å². The summed E-state index contributed by atoms with van der Waals surface area (Å²) in [5, 5.41) is 13.5. The molecule has 34 heavy (non-hydrogen) atoms. The number of nitrogens with one attached hydrogen (secondary N) is 1. The van der Waals surface area contributed by atoms with E-state index >= 15 is 0 Å². The van der Waals surface area contributed by atoms with Crippen molar-refractivity contribution in [2.24, 2.45) is 0 Å². The summed E-state index contributed by atoms with van der Waals surface area (Å²) in [6.45, 7) is 2.29. The molecule has 1 atom stereocenters. The quantitative estimate of drug-likeness (QED) is 0.452. The molecule has 1 saturated heterocycles. The number of aromatic amines is 1. The van der Waals surface area contributed by atoms with Gasteiger partial charge in [-0.3, -0.25) is 9.69 Å². The third kappa shape index (κ3) is 4.26. The van der Waals surface area contributed by atoms with Gasteiger partial charge in [0.2, 0.25) is 0 Å². The number of ether oxygens (including phenoxy) is 2. The van der Waals surface area contributed by atoms with Gasteiger partial charge in [-0.1, -0.05) is 36.8 Å². The first-order valence-electron chi connectivity index (χ1n) is 11.5. The Bertz CT molecular complexity index is 1330. The first-order chi connectivity index (χ1) is 16.7. The van der Waals surface area contributed by atoms with Gasteiger partial charge in [-0.05, 0) is 54.1 Å². The average molecular weight is 461 g/mol. The van der Waals surface area contributed by atoms with Gasteiger partial charge in [-0.15, -0.1) is 5.10 Å². The Morgan fingerprint density at radius 2 is 1.74 bits per heavy atom. The van der Waals surface area contributed by atoms with E-state index in [4.69, 9.17) is 9.47 Å². The van der Waals surface area contributed by atoms with Crippen molar-refractivity contribution in [3.63, 3.8) is 0 Å². The maximum absolute atomic E-state index is 13.4. The highest BCUT2D eigenvalue weighted by Crippen LogP contribution is 2.34. The van der Waals surface area contributed by atoms with Gasteiger partial charge >= 0.3 is 0 Å². The van der Waals surface area contributed by atoms with Crippen molar-refractivity contribution < 1.29 is 9.47 Å². The second-order valence-corrected chi connectivity index (χ2v) is 8.53. The van der Waals surface area contributed by atoms with Gasteiger partial charge in [-0.2, -0.15) is 0 Å². The molecule has 3 heterocycles. The van der Waals surface area contributed by atoms with Gasteiger partial charge in [0.25, 0.3) is 5.56 Å². The summed E-state index contributed by atoms with van der Waals surface area (Å²) < 4.78 is 12.7. The van der Waals surface area contributed by atoms with E-state index in [1.165, 1.54) is 6.42 Å². The minimum absolute atomic E-state index is 0.162. The number of H-pyrrole nitrogens is 1. The van der Waals surface area contributed by atoms with Crippen molar-refractivity contribution >= 4 is 10.9 Å². The molecule has 2 aromatic heterocycles. The zero-order valence-electron chi connectivity index (χ0n) is 19.4. The normalized spacial score (nSPS) is 15.4. The van der Waals surface area contributed by atoms with E-state index in [2.05, 4.69) is 25.4 Å². The first kappa shape index (κ1) is 22.1. The van der Waals surface area contributed by atoms with Crippen LogP contribution in [0.4, 0.5) is 0 Å². The molecule has 4 aromatic rings. The second-order valence-electron chi connectivity index (χ2n) is 8.53. The van der Waals surface area contributed by atoms with Crippen LogP contribution in [0.3, 0.4) is 0 Å². The molecule has 1 aliphatic rings. The van der Waals surface area contributed by atoms with Crippen LogP contribution in [0.25, 0.3) is 10.9 Å². The summed E-state index contributed by atoms with van der Waals surface area (Å²) in [4.78, 5) is 18.8. The Hall–Kier alpha value is -3.72. The van der Waals surface area contributed by atoms with Gasteiger partial charge in [-0.25, -0.2) is 4.68 Å². The van der Waals surface area contributed by atoms with Gasteiger partial charge < -0.3 is 14.5 Å². The fourth-order valence-electron chi connectivity index (χ4n) is 4.71. The molecule has 0 unspecified atom stereocenters. The van der Waals surface area contributed by atoms with Crippen LogP contribution >= 0.6 is 0 Å². The van der Waals surface area contributed by atoms with Gasteiger partial charge in [0, 0.05) is 17.0 Å². The number of piperidine rings is 1. The number of aromatic nitrogens is 5. The molecular formula is C25H28N6O3. The van der Waals surface area contributed by atoms with Gasteiger partial charge in [0.1, 0.15) is 6.04 Å². The van der Waals surface area contributed by atoms with E-state index in [0.717, 1.165) is 36.9 Å². The number of hydrogen-bond donors (Lipinski definition) is 1. The Labute approximate surface area is 197 Å². The lowest BCUT2D eigenvalue weighted by molar-refractivity contribution is 0.177. The van der Waals surface area contributed by atoms with Crippen LogP contribution in [0.1, 0.15) is 42.3 Å². The zero-order valence-corrected chi connectivity index (χ0v) is 19.4. The number of pyridine rings is 1. The first-order valence-corrected chi connectivity index (χ1v) is 11.5. The molecule has 176 valence electrons. The Morgan fingerprint density at radius 1 is 1.00 bits per heavy atom. The summed E-state index contributed by atoms with van der Waals surface area (Å²) in [5.74, 6) is 1.84. The van der Waals surface area contributed by atoms with E-state index in [9.17, 15) is 4.79 Å². The molecule has 1 N–H and O–H groups in total. The average Bonchev–Trinajstić information content (AvgIpc) is 3.32. The van der Waals surface area contributed by atoms with Crippen LogP contribution in [0.5, 0.6) is 11.5 Å². The van der Waals surface area contributed by atoms with Crippen molar-refractivity contribution in [3.05, 3.63) is 75.8 Å². The molecule has 1 fully saturated rings. The Morgan fingerprint density at radius 3 is 2.47 bits per heavy atom. The van der Waals surface area contributed by atoms with Crippen LogP contribution in [0.2, 0.25) is 0 Å². The lowest BCUT2D eigenvalue weighted by Gasteiger charge is -2.33. The molecule has 0 radical (unpaired) electrons. The number of likely N-dealkylation sites (tertiary alicyclic amines) is 1. The topological polar surface area (TPSA) is 98.2 Å². The Kier molecular flexibility index (Phi) is 6.27. The highest BCUT2D eigenvalue weighted by Gasteiger charge is 2.31. The largest absolute Gasteiger partial charge is 0.493 e. The smallest absolute Gasteiger partial charge is 0.253 e. The second kappa shape index (κ2) is 9.64. The SMILES string of the molecule is COc1cc2cc([C@H](c3nnnn3Cc3ccccc3)N3CCCCC3)c(=O)[nH]c2cc1OC. The predicted molar refractivity (Wildman–Crippen MR) is 128 cm³/mol. The molecule has 9 nitrogen and oxygen atoms in total. The summed E-state index contributed by atoms with van der Waals surface area (Å²) in [7, 11) is 3.18. The van der Waals surface area contributed by atoms with Crippen molar-refractivity contribution in [3.8, 4) is 11.5 Å². The monoisotopic (exact) mass is 460 g/mol. The number of benzene rings is 2. The van der Waals surface area contributed by atoms with Crippen LogP contribution in [0.15, 0.2) is 53.3 Å². The number of rotatable bonds is 7. The summed E-state index contributed by atoms with van der Waals surface area (Å²) in [6, 6.07) is 15.3. The highest BCUT2D eigenvalue weighted by atomic mass is 16.5. The number of hydrogen-bond acceptors (Lipinski definition) is 7. The number of methoxy groups -OCH3 is 2. The van der Waals surface area contributed by atoms with Crippen molar-refractivity contribution in [1.82, 2.24) is 30.1 Å². The molecule has 0 aliphatic carbocycles. The fourth-order valence-corrected chi connectivity index (χ4v) is 4.71. The molecule has 2 aromatic carbocycles. The fraction of sp³-hybridized carbons (Fsp3) is 0.360. The molecule has 5 rings (SSSR count). The summed E-state index contributed by atoms with van der Waals surface area (Å²) in [5.41, 5.74) is 2.24. The maximum atomic E-state index is 13.4. The third-order valence-corrected chi connectivity index (χ3v) is 6.41.